The second-order valence-electron chi connectivity index (χ2n) is 7.45. The van der Waals surface area contributed by atoms with Crippen LogP contribution >= 0.6 is 12.4 Å². The van der Waals surface area contributed by atoms with Gasteiger partial charge in [0.05, 0.1) is 5.56 Å². The van der Waals surface area contributed by atoms with Crippen LogP contribution in [0.4, 0.5) is 18.9 Å². The lowest BCUT2D eigenvalue weighted by Crippen LogP contribution is -2.20. The van der Waals surface area contributed by atoms with Crippen molar-refractivity contribution in [1.82, 2.24) is 5.32 Å². The average molecular weight is 411 g/mol. The molecule has 2 atom stereocenters. The lowest BCUT2D eigenvalue weighted by molar-refractivity contribution is -0.137. The lowest BCUT2D eigenvalue weighted by atomic mass is 10.1. The predicted molar refractivity (Wildman–Crippen MR) is 105 cm³/mol. The van der Waals surface area contributed by atoms with Gasteiger partial charge in [-0.05, 0) is 73.7 Å². The summed E-state index contributed by atoms with van der Waals surface area (Å²) in [6, 6.07) is 12.5. The van der Waals surface area contributed by atoms with Crippen LogP contribution < -0.4 is 10.6 Å². The smallest absolute Gasteiger partial charge is 0.322 e. The summed E-state index contributed by atoms with van der Waals surface area (Å²) in [7, 11) is 0. The fraction of sp³-hybridized carbons (Fsp3) is 0.381. The first-order chi connectivity index (χ1) is 12.9. The first kappa shape index (κ1) is 20.7. The summed E-state index contributed by atoms with van der Waals surface area (Å²) in [6.45, 7) is 1.11. The van der Waals surface area contributed by atoms with Crippen LogP contribution in [0.2, 0.25) is 0 Å². The number of carbonyl (C=O) groups excluding carboxylic acids is 1. The van der Waals surface area contributed by atoms with E-state index in [1.807, 2.05) is 24.3 Å². The number of benzene rings is 2. The minimum atomic E-state index is -4.40. The van der Waals surface area contributed by atoms with Crippen LogP contribution in [0, 0.1) is 5.92 Å². The highest BCUT2D eigenvalue weighted by molar-refractivity contribution is 6.04. The fourth-order valence-corrected chi connectivity index (χ4v) is 3.26. The summed E-state index contributed by atoms with van der Waals surface area (Å²) in [4.78, 5) is 12.2. The molecule has 2 N–H and O–H groups in total. The Balaban J connectivity index is 0.00000225. The zero-order valence-corrected chi connectivity index (χ0v) is 15.9. The van der Waals surface area contributed by atoms with E-state index in [-0.39, 0.29) is 18.0 Å². The molecule has 28 heavy (non-hydrogen) atoms. The van der Waals surface area contributed by atoms with Crippen LogP contribution in [-0.4, -0.2) is 18.5 Å². The Morgan fingerprint density at radius 2 is 1.64 bits per heavy atom. The van der Waals surface area contributed by atoms with Crippen molar-refractivity contribution in [3.63, 3.8) is 0 Å². The van der Waals surface area contributed by atoms with E-state index in [4.69, 9.17) is 0 Å². The van der Waals surface area contributed by atoms with E-state index in [2.05, 4.69) is 10.6 Å². The molecule has 0 saturated heterocycles. The molecule has 2 saturated carbocycles. The predicted octanol–water partition coefficient (Wildman–Crippen LogP) is 5.24. The molecule has 2 aliphatic carbocycles. The summed E-state index contributed by atoms with van der Waals surface area (Å²) >= 11 is 0. The van der Waals surface area contributed by atoms with Crippen molar-refractivity contribution < 1.29 is 18.0 Å². The Morgan fingerprint density at radius 3 is 2.21 bits per heavy atom. The largest absolute Gasteiger partial charge is 0.416 e. The first-order valence-corrected chi connectivity index (χ1v) is 9.22. The number of alkyl halides is 3. The summed E-state index contributed by atoms with van der Waals surface area (Å²) in [5, 5.41) is 6.33. The van der Waals surface area contributed by atoms with E-state index in [1.165, 1.54) is 30.5 Å². The van der Waals surface area contributed by atoms with Gasteiger partial charge < -0.3 is 10.6 Å². The summed E-state index contributed by atoms with van der Waals surface area (Å²) in [5.41, 5.74) is 1.30. The maximum atomic E-state index is 12.6. The zero-order valence-electron chi connectivity index (χ0n) is 15.1. The molecule has 2 fully saturated rings. The van der Waals surface area contributed by atoms with Crippen LogP contribution in [0.15, 0.2) is 48.5 Å². The molecule has 0 radical (unpaired) electrons. The number of nitrogens with one attached hydrogen (secondary N) is 2. The van der Waals surface area contributed by atoms with Crippen molar-refractivity contribution in [1.29, 1.82) is 0 Å². The molecule has 2 aromatic carbocycles. The molecule has 4 rings (SSSR count). The topological polar surface area (TPSA) is 41.1 Å². The zero-order chi connectivity index (χ0) is 19.0. The summed E-state index contributed by atoms with van der Waals surface area (Å²) in [5.74, 6) is 0.976. The Kier molecular flexibility index (Phi) is 6.01. The van der Waals surface area contributed by atoms with Gasteiger partial charge in [-0.25, -0.2) is 0 Å². The Morgan fingerprint density at radius 1 is 1.00 bits per heavy atom. The molecule has 7 heteroatoms. The highest BCUT2D eigenvalue weighted by Gasteiger charge is 2.38. The van der Waals surface area contributed by atoms with Crippen molar-refractivity contribution in [3.05, 3.63) is 65.2 Å². The molecule has 150 valence electrons. The van der Waals surface area contributed by atoms with Crippen molar-refractivity contribution in [2.24, 2.45) is 5.92 Å². The summed E-state index contributed by atoms with van der Waals surface area (Å²) in [6.07, 6.45) is -0.571. The molecular weight excluding hydrogens is 389 g/mol. The van der Waals surface area contributed by atoms with Crippen molar-refractivity contribution in [3.8, 4) is 0 Å². The van der Waals surface area contributed by atoms with Gasteiger partial charge >= 0.3 is 6.18 Å². The maximum Gasteiger partial charge on any atom is 0.416 e. The number of anilines is 1. The van der Waals surface area contributed by atoms with Gasteiger partial charge in [0.25, 0.3) is 5.91 Å². The molecule has 0 spiro atoms. The van der Waals surface area contributed by atoms with Gasteiger partial charge in [0.2, 0.25) is 0 Å². The number of halogens is 4. The van der Waals surface area contributed by atoms with Crippen molar-refractivity contribution >= 4 is 24.0 Å². The van der Waals surface area contributed by atoms with E-state index in [0.717, 1.165) is 31.0 Å². The van der Waals surface area contributed by atoms with Crippen LogP contribution in [0.5, 0.6) is 0 Å². The number of hydrogen-bond acceptors (Lipinski definition) is 2. The second-order valence-corrected chi connectivity index (χ2v) is 7.45. The Bertz CT molecular complexity index is 817. The first-order valence-electron chi connectivity index (χ1n) is 9.22. The van der Waals surface area contributed by atoms with Crippen LogP contribution in [0.25, 0.3) is 0 Å². The molecule has 0 bridgehead atoms. The minimum absolute atomic E-state index is 0. The van der Waals surface area contributed by atoms with Gasteiger partial charge in [0.1, 0.15) is 0 Å². The number of carbonyl (C=O) groups is 1. The van der Waals surface area contributed by atoms with Crippen LogP contribution in [0.1, 0.15) is 46.7 Å². The van der Waals surface area contributed by atoms with Gasteiger partial charge in [-0.2, -0.15) is 13.2 Å². The van der Waals surface area contributed by atoms with Crippen LogP contribution in [0.3, 0.4) is 0 Å². The SMILES string of the molecule is Cl.O=C(Nc1ccc([C@@H]2C[C@H]2NCC2CC2)cc1)c1ccc(C(F)(F)F)cc1. The van der Waals surface area contributed by atoms with E-state index < -0.39 is 17.6 Å². The highest BCUT2D eigenvalue weighted by atomic mass is 35.5. The van der Waals surface area contributed by atoms with Crippen molar-refractivity contribution in [2.45, 2.75) is 37.4 Å². The minimum Gasteiger partial charge on any atom is -0.322 e. The number of amides is 1. The molecule has 0 heterocycles. The summed E-state index contributed by atoms with van der Waals surface area (Å²) < 4.78 is 37.8. The van der Waals surface area contributed by atoms with E-state index >= 15 is 0 Å². The van der Waals surface area contributed by atoms with Crippen LogP contribution in [-0.2, 0) is 6.18 Å². The Labute approximate surface area is 168 Å². The third kappa shape index (κ3) is 5.06. The molecule has 1 amide bonds. The quantitative estimate of drug-likeness (QED) is 0.684. The van der Waals surface area contributed by atoms with Gasteiger partial charge in [-0.1, -0.05) is 12.1 Å². The van der Waals surface area contributed by atoms with E-state index in [1.54, 1.807) is 0 Å². The van der Waals surface area contributed by atoms with Gasteiger partial charge in [0, 0.05) is 23.2 Å². The van der Waals surface area contributed by atoms with Gasteiger partial charge in [-0.15, -0.1) is 12.4 Å². The van der Waals surface area contributed by atoms with E-state index in [0.29, 0.717) is 17.6 Å². The van der Waals surface area contributed by atoms with Gasteiger partial charge in [0.15, 0.2) is 0 Å². The van der Waals surface area contributed by atoms with Gasteiger partial charge in [-0.3, -0.25) is 4.79 Å². The molecular formula is C21H22ClF3N2O. The molecule has 0 aromatic heterocycles. The lowest BCUT2D eigenvalue weighted by Gasteiger charge is -2.09. The fourth-order valence-electron chi connectivity index (χ4n) is 3.26. The molecule has 0 aliphatic heterocycles. The molecule has 2 aliphatic rings. The standard InChI is InChI=1S/C21H21F3N2O.ClH/c22-21(23,24)16-7-3-15(4-8-16)20(27)26-17-9-5-14(6-10-17)18-11-19(18)25-12-13-1-2-13;/h3-10,13,18-19,25H,1-2,11-12H2,(H,26,27);1H/t18-,19+;/m0./s1. The number of hydrogen-bond donors (Lipinski definition) is 2. The molecule has 0 unspecified atom stereocenters. The van der Waals surface area contributed by atoms with Crippen molar-refractivity contribution in [2.75, 3.05) is 11.9 Å². The normalized spacial score (nSPS) is 21.0. The van der Waals surface area contributed by atoms with E-state index in [9.17, 15) is 18.0 Å². The maximum absolute atomic E-state index is 12.6. The highest BCUT2D eigenvalue weighted by Crippen LogP contribution is 2.42. The average Bonchev–Trinajstić information content (AvgIpc) is 3.54. The third-order valence-electron chi connectivity index (χ3n) is 5.23. The second kappa shape index (κ2) is 8.13. The third-order valence-corrected chi connectivity index (χ3v) is 5.23. The molecule has 3 nitrogen and oxygen atoms in total. The molecule has 2 aromatic rings. The Hall–Kier alpha value is -2.05. The monoisotopic (exact) mass is 410 g/mol. The number of rotatable bonds is 6.